The molecule has 1 amide bonds. The Morgan fingerprint density at radius 1 is 1.28 bits per heavy atom. The fourth-order valence-corrected chi connectivity index (χ4v) is 4.34. The number of ether oxygens (including phenoxy) is 1. The second-order valence-electron chi connectivity index (χ2n) is 7.17. The van der Waals surface area contributed by atoms with Crippen molar-refractivity contribution in [2.24, 2.45) is 11.8 Å². The number of amides is 1. The Hall–Kier alpha value is -1.10. The smallest absolute Gasteiger partial charge is 0.223 e. The van der Waals surface area contributed by atoms with Gasteiger partial charge in [0.05, 0.1) is 12.7 Å². The summed E-state index contributed by atoms with van der Waals surface area (Å²) in [5.41, 5.74) is 1.05. The lowest BCUT2D eigenvalue weighted by Crippen LogP contribution is -2.35. The van der Waals surface area contributed by atoms with E-state index in [9.17, 15) is 4.79 Å². The van der Waals surface area contributed by atoms with E-state index in [1.807, 2.05) is 29.2 Å². The van der Waals surface area contributed by atoms with E-state index in [1.165, 1.54) is 0 Å². The topological polar surface area (TPSA) is 32.8 Å². The van der Waals surface area contributed by atoms with Gasteiger partial charge in [-0.1, -0.05) is 43.6 Å². The molecule has 2 heterocycles. The molecule has 1 aromatic carbocycles. The number of likely N-dealkylation sites (tertiary alicyclic amines) is 1. The van der Waals surface area contributed by atoms with Crippen LogP contribution in [0.5, 0.6) is 0 Å². The van der Waals surface area contributed by atoms with Crippen LogP contribution in [-0.2, 0) is 16.0 Å². The number of rotatable bonds is 7. The number of carbonyl (C=O) groups excluding carboxylic acids is 1. The van der Waals surface area contributed by atoms with Gasteiger partial charge in [0.1, 0.15) is 0 Å². The number of benzene rings is 1. The third kappa shape index (κ3) is 4.36. The number of hydrogen-bond donors (Lipinski definition) is 0. The predicted molar refractivity (Wildman–Crippen MR) is 101 cm³/mol. The van der Waals surface area contributed by atoms with Crippen molar-refractivity contribution in [2.45, 2.75) is 32.8 Å². The average molecular weight is 365 g/mol. The molecule has 0 unspecified atom stereocenters. The van der Waals surface area contributed by atoms with Crippen molar-refractivity contribution >= 4 is 17.5 Å². The molecule has 5 heteroatoms. The molecule has 2 saturated heterocycles. The lowest BCUT2D eigenvalue weighted by atomic mass is 9.92. The molecule has 0 bridgehead atoms. The number of fused-ring (bicyclic) bond motifs is 1. The van der Waals surface area contributed by atoms with Gasteiger partial charge in [0, 0.05) is 42.9 Å². The summed E-state index contributed by atoms with van der Waals surface area (Å²) in [5, 5.41) is 0.746. The van der Waals surface area contributed by atoms with Gasteiger partial charge in [0.25, 0.3) is 0 Å². The number of aryl methyl sites for hydroxylation is 1. The molecule has 0 aromatic heterocycles. The molecule has 25 heavy (non-hydrogen) atoms. The van der Waals surface area contributed by atoms with E-state index >= 15 is 0 Å². The Bertz CT molecular complexity index is 591. The fraction of sp³-hybridized carbons (Fsp3) is 0.650. The standard InChI is InChI=1S/C20H29ClN2O2/c1-3-22(4-2)11-16-14-25-19-13-23(12-17(16)19)20(24)10-9-15-7-5-6-8-18(15)21/h5-8,16-17,19H,3-4,9-14H2,1-2H3/t16-,17+,19+/m0/s1. The summed E-state index contributed by atoms with van der Waals surface area (Å²) in [6, 6.07) is 7.77. The third-order valence-electron chi connectivity index (χ3n) is 5.74. The first-order valence-corrected chi connectivity index (χ1v) is 9.85. The fourth-order valence-electron chi connectivity index (χ4n) is 4.10. The second-order valence-corrected chi connectivity index (χ2v) is 7.58. The number of carbonyl (C=O) groups is 1. The molecule has 4 nitrogen and oxygen atoms in total. The second kappa shape index (κ2) is 8.52. The van der Waals surface area contributed by atoms with Gasteiger partial charge in [-0.25, -0.2) is 0 Å². The van der Waals surface area contributed by atoms with E-state index in [0.29, 0.717) is 24.7 Å². The largest absolute Gasteiger partial charge is 0.376 e. The van der Waals surface area contributed by atoms with Gasteiger partial charge >= 0.3 is 0 Å². The lowest BCUT2D eigenvalue weighted by Gasteiger charge is -2.25. The average Bonchev–Trinajstić information content (AvgIpc) is 3.20. The quantitative estimate of drug-likeness (QED) is 0.745. The number of hydrogen-bond acceptors (Lipinski definition) is 3. The first-order chi connectivity index (χ1) is 12.1. The molecule has 0 aliphatic carbocycles. The van der Waals surface area contributed by atoms with Crippen LogP contribution in [0.3, 0.4) is 0 Å². The maximum absolute atomic E-state index is 12.6. The molecule has 2 aliphatic heterocycles. The van der Waals surface area contributed by atoms with Gasteiger partial charge in [-0.3, -0.25) is 4.79 Å². The Morgan fingerprint density at radius 2 is 2.04 bits per heavy atom. The summed E-state index contributed by atoms with van der Waals surface area (Å²) in [6.07, 6.45) is 1.45. The van der Waals surface area contributed by atoms with Gasteiger partial charge < -0.3 is 14.5 Å². The zero-order valence-electron chi connectivity index (χ0n) is 15.3. The molecule has 0 spiro atoms. The van der Waals surface area contributed by atoms with Gasteiger partial charge in [-0.2, -0.15) is 0 Å². The van der Waals surface area contributed by atoms with E-state index in [-0.39, 0.29) is 12.0 Å². The van der Waals surface area contributed by atoms with Crippen molar-refractivity contribution in [1.82, 2.24) is 9.80 Å². The lowest BCUT2D eigenvalue weighted by molar-refractivity contribution is -0.131. The zero-order valence-corrected chi connectivity index (χ0v) is 16.0. The van der Waals surface area contributed by atoms with Crippen LogP contribution in [0.25, 0.3) is 0 Å². The highest BCUT2D eigenvalue weighted by atomic mass is 35.5. The van der Waals surface area contributed by atoms with Crippen molar-refractivity contribution in [1.29, 1.82) is 0 Å². The van der Waals surface area contributed by atoms with Crippen LogP contribution in [0.4, 0.5) is 0 Å². The first-order valence-electron chi connectivity index (χ1n) is 9.47. The molecule has 2 fully saturated rings. The first kappa shape index (κ1) is 18.7. The number of halogens is 1. The molecule has 3 atom stereocenters. The predicted octanol–water partition coefficient (Wildman–Crippen LogP) is 3.09. The summed E-state index contributed by atoms with van der Waals surface area (Å²) in [5.74, 6) is 1.26. The monoisotopic (exact) mass is 364 g/mol. The van der Waals surface area contributed by atoms with E-state index in [4.69, 9.17) is 16.3 Å². The highest BCUT2D eigenvalue weighted by Crippen LogP contribution is 2.34. The summed E-state index contributed by atoms with van der Waals surface area (Å²) < 4.78 is 6.00. The van der Waals surface area contributed by atoms with Crippen LogP contribution in [0.15, 0.2) is 24.3 Å². The molecule has 3 rings (SSSR count). The van der Waals surface area contributed by atoms with Crippen molar-refractivity contribution in [3.8, 4) is 0 Å². The van der Waals surface area contributed by atoms with Crippen LogP contribution < -0.4 is 0 Å². The molecule has 2 aliphatic rings. The molecular weight excluding hydrogens is 336 g/mol. The Morgan fingerprint density at radius 3 is 2.76 bits per heavy atom. The van der Waals surface area contributed by atoms with Crippen molar-refractivity contribution in [3.63, 3.8) is 0 Å². The minimum Gasteiger partial charge on any atom is -0.376 e. The van der Waals surface area contributed by atoms with Crippen molar-refractivity contribution in [2.75, 3.05) is 39.3 Å². The summed E-state index contributed by atoms with van der Waals surface area (Å²) in [6.45, 7) is 10.1. The molecule has 0 saturated carbocycles. The molecular formula is C20H29ClN2O2. The maximum atomic E-state index is 12.6. The Labute approximate surface area is 156 Å². The SMILES string of the molecule is CCN(CC)C[C@H]1CO[C@@H]2CN(C(=O)CCc3ccccc3Cl)C[C@H]12. The van der Waals surface area contributed by atoms with E-state index in [2.05, 4.69) is 18.7 Å². The third-order valence-corrected chi connectivity index (χ3v) is 6.11. The zero-order chi connectivity index (χ0) is 17.8. The van der Waals surface area contributed by atoms with Crippen LogP contribution in [0.2, 0.25) is 5.02 Å². The Balaban J connectivity index is 1.52. The van der Waals surface area contributed by atoms with Crippen molar-refractivity contribution < 1.29 is 9.53 Å². The summed E-state index contributed by atoms with van der Waals surface area (Å²) in [4.78, 5) is 17.1. The highest BCUT2D eigenvalue weighted by Gasteiger charge is 2.45. The summed E-state index contributed by atoms with van der Waals surface area (Å²) >= 11 is 6.19. The molecule has 0 radical (unpaired) electrons. The summed E-state index contributed by atoms with van der Waals surface area (Å²) in [7, 11) is 0. The minimum atomic E-state index is 0.222. The molecule has 1 aromatic rings. The van der Waals surface area contributed by atoms with E-state index in [0.717, 1.165) is 49.9 Å². The van der Waals surface area contributed by atoms with Crippen LogP contribution >= 0.6 is 11.6 Å². The van der Waals surface area contributed by atoms with Gasteiger partial charge in [0.15, 0.2) is 0 Å². The van der Waals surface area contributed by atoms with Crippen molar-refractivity contribution in [3.05, 3.63) is 34.9 Å². The minimum absolute atomic E-state index is 0.222. The van der Waals surface area contributed by atoms with Crippen LogP contribution in [0.1, 0.15) is 25.8 Å². The van der Waals surface area contributed by atoms with Crippen LogP contribution in [-0.4, -0.2) is 61.1 Å². The van der Waals surface area contributed by atoms with Gasteiger partial charge in [0.2, 0.25) is 5.91 Å². The van der Waals surface area contributed by atoms with E-state index in [1.54, 1.807) is 0 Å². The number of nitrogens with zero attached hydrogens (tertiary/aromatic N) is 2. The normalized spacial score (nSPS) is 25.6. The Kier molecular flexibility index (Phi) is 6.37. The van der Waals surface area contributed by atoms with Gasteiger partial charge in [-0.05, 0) is 31.1 Å². The van der Waals surface area contributed by atoms with Gasteiger partial charge in [-0.15, -0.1) is 0 Å². The molecule has 0 N–H and O–H groups in total. The molecule has 138 valence electrons. The van der Waals surface area contributed by atoms with E-state index < -0.39 is 0 Å². The maximum Gasteiger partial charge on any atom is 0.223 e. The highest BCUT2D eigenvalue weighted by molar-refractivity contribution is 6.31. The van der Waals surface area contributed by atoms with Crippen LogP contribution in [0, 0.1) is 11.8 Å².